The molecule has 0 spiro atoms. The molecule has 3 rings (SSSR count). The molecule has 1 aliphatic carbocycles. The summed E-state index contributed by atoms with van der Waals surface area (Å²) < 4.78 is 0.908. The Balaban J connectivity index is 1.72. The molecule has 1 unspecified atom stereocenters. The molecule has 5 heteroatoms. The third kappa shape index (κ3) is 2.39. The van der Waals surface area contributed by atoms with Crippen LogP contribution >= 0.6 is 22.9 Å². The van der Waals surface area contributed by atoms with E-state index in [1.54, 1.807) is 17.7 Å². The number of fused-ring (bicyclic) bond motifs is 1. The van der Waals surface area contributed by atoms with Crippen LogP contribution in [-0.2, 0) is 13.0 Å². The molecule has 2 heterocycles. The number of hydrogen-bond acceptors (Lipinski definition) is 3. The van der Waals surface area contributed by atoms with Crippen LogP contribution in [0.5, 0.6) is 0 Å². The highest BCUT2D eigenvalue weighted by Gasteiger charge is 2.22. The van der Waals surface area contributed by atoms with Crippen molar-refractivity contribution in [2.75, 3.05) is 0 Å². The molecule has 0 aromatic carbocycles. The summed E-state index contributed by atoms with van der Waals surface area (Å²) in [6.07, 6.45) is 7.18. The van der Waals surface area contributed by atoms with Crippen LogP contribution in [0.25, 0.3) is 0 Å². The van der Waals surface area contributed by atoms with Gasteiger partial charge in [0, 0.05) is 29.4 Å². The van der Waals surface area contributed by atoms with E-state index in [0.29, 0.717) is 6.04 Å². The van der Waals surface area contributed by atoms with Gasteiger partial charge in [-0.2, -0.15) is 0 Å². The standard InChI is InChI=1S/C12H14ClN3S/c13-12-4-9-10(2-1-3-11(9)17-12)15-6-8-5-14-7-16-8/h4-5,7,10,15H,1-3,6H2,(H,14,16). The average molecular weight is 268 g/mol. The fraction of sp³-hybridized carbons (Fsp3) is 0.417. The van der Waals surface area contributed by atoms with Crippen LogP contribution in [-0.4, -0.2) is 9.97 Å². The lowest BCUT2D eigenvalue weighted by atomic mass is 9.94. The van der Waals surface area contributed by atoms with Crippen molar-refractivity contribution in [1.82, 2.24) is 15.3 Å². The van der Waals surface area contributed by atoms with E-state index in [2.05, 4.69) is 21.4 Å². The average Bonchev–Trinajstić information content (AvgIpc) is 2.93. The summed E-state index contributed by atoms with van der Waals surface area (Å²) >= 11 is 7.81. The van der Waals surface area contributed by atoms with E-state index in [4.69, 9.17) is 11.6 Å². The summed E-state index contributed by atoms with van der Waals surface area (Å²) in [7, 11) is 0. The number of aromatic nitrogens is 2. The van der Waals surface area contributed by atoms with Crippen LogP contribution in [0.15, 0.2) is 18.6 Å². The molecule has 0 saturated heterocycles. The number of hydrogen-bond donors (Lipinski definition) is 2. The van der Waals surface area contributed by atoms with Crippen LogP contribution in [0.2, 0.25) is 4.34 Å². The number of rotatable bonds is 3. The summed E-state index contributed by atoms with van der Waals surface area (Å²) in [6.45, 7) is 0.831. The van der Waals surface area contributed by atoms with Crippen molar-refractivity contribution in [3.05, 3.63) is 39.1 Å². The van der Waals surface area contributed by atoms with Crippen LogP contribution in [0, 0.1) is 0 Å². The highest BCUT2D eigenvalue weighted by Crippen LogP contribution is 2.37. The van der Waals surface area contributed by atoms with Crippen molar-refractivity contribution in [2.24, 2.45) is 0 Å². The maximum absolute atomic E-state index is 6.09. The van der Waals surface area contributed by atoms with Gasteiger partial charge in [0.1, 0.15) is 0 Å². The second-order valence-corrected chi connectivity index (χ2v) is 6.10. The molecule has 0 bridgehead atoms. The molecule has 1 aliphatic rings. The summed E-state index contributed by atoms with van der Waals surface area (Å²) in [5.41, 5.74) is 2.52. The van der Waals surface area contributed by atoms with Gasteiger partial charge in [0.25, 0.3) is 0 Å². The van der Waals surface area contributed by atoms with Gasteiger partial charge >= 0.3 is 0 Å². The topological polar surface area (TPSA) is 40.7 Å². The summed E-state index contributed by atoms with van der Waals surface area (Å²) in [4.78, 5) is 8.58. The molecule has 0 amide bonds. The van der Waals surface area contributed by atoms with E-state index < -0.39 is 0 Å². The molecule has 3 nitrogen and oxygen atoms in total. The Bertz CT molecular complexity index is 492. The quantitative estimate of drug-likeness (QED) is 0.896. The lowest BCUT2D eigenvalue weighted by Crippen LogP contribution is -2.23. The molecular weight excluding hydrogens is 254 g/mol. The Kier molecular flexibility index (Phi) is 3.18. The molecule has 90 valence electrons. The Morgan fingerprint density at radius 1 is 1.59 bits per heavy atom. The SMILES string of the molecule is Clc1cc2c(s1)CCCC2NCc1cnc[nH]1. The monoisotopic (exact) mass is 267 g/mol. The number of nitrogens with one attached hydrogen (secondary N) is 2. The predicted molar refractivity (Wildman–Crippen MR) is 70.4 cm³/mol. The third-order valence-electron chi connectivity index (χ3n) is 3.18. The maximum atomic E-state index is 6.09. The normalized spacial score (nSPS) is 19.2. The van der Waals surface area contributed by atoms with Gasteiger partial charge in [0.15, 0.2) is 0 Å². The van der Waals surface area contributed by atoms with Crippen molar-refractivity contribution in [2.45, 2.75) is 31.8 Å². The van der Waals surface area contributed by atoms with Crippen LogP contribution < -0.4 is 5.32 Å². The maximum Gasteiger partial charge on any atom is 0.0934 e. The van der Waals surface area contributed by atoms with Gasteiger partial charge in [-0.05, 0) is 30.9 Å². The first-order chi connectivity index (χ1) is 8.33. The van der Waals surface area contributed by atoms with Gasteiger partial charge in [-0.1, -0.05) is 11.6 Å². The molecule has 0 fully saturated rings. The molecule has 2 aromatic rings. The minimum absolute atomic E-state index is 0.436. The van der Waals surface area contributed by atoms with Crippen LogP contribution in [0.4, 0.5) is 0 Å². The molecular formula is C12H14ClN3S. The van der Waals surface area contributed by atoms with Gasteiger partial charge in [-0.25, -0.2) is 4.98 Å². The van der Waals surface area contributed by atoms with E-state index in [1.807, 2.05) is 6.20 Å². The Morgan fingerprint density at radius 3 is 3.35 bits per heavy atom. The zero-order valence-electron chi connectivity index (χ0n) is 9.37. The molecule has 2 aromatic heterocycles. The predicted octanol–water partition coefficient (Wildman–Crippen LogP) is 3.29. The third-order valence-corrected chi connectivity index (χ3v) is 4.52. The molecule has 0 saturated carbocycles. The highest BCUT2D eigenvalue weighted by atomic mass is 35.5. The van der Waals surface area contributed by atoms with Crippen LogP contribution in [0.3, 0.4) is 0 Å². The van der Waals surface area contributed by atoms with Crippen molar-refractivity contribution < 1.29 is 0 Å². The Hall–Kier alpha value is -0.840. The van der Waals surface area contributed by atoms with Gasteiger partial charge < -0.3 is 10.3 Å². The first-order valence-corrected chi connectivity index (χ1v) is 7.01. The molecule has 0 radical (unpaired) electrons. The van der Waals surface area contributed by atoms with Crippen molar-refractivity contribution in [1.29, 1.82) is 0 Å². The van der Waals surface area contributed by atoms with Gasteiger partial charge in [-0.3, -0.25) is 0 Å². The number of halogens is 1. The van der Waals surface area contributed by atoms with Crippen molar-refractivity contribution >= 4 is 22.9 Å². The number of H-pyrrole nitrogens is 1. The summed E-state index contributed by atoms with van der Waals surface area (Å²) in [5.74, 6) is 0. The molecule has 2 N–H and O–H groups in total. The summed E-state index contributed by atoms with van der Waals surface area (Å²) in [5, 5.41) is 3.57. The van der Waals surface area contributed by atoms with E-state index in [1.165, 1.54) is 29.7 Å². The Labute approximate surface area is 109 Å². The van der Waals surface area contributed by atoms with E-state index >= 15 is 0 Å². The second-order valence-electron chi connectivity index (χ2n) is 4.33. The smallest absolute Gasteiger partial charge is 0.0934 e. The minimum atomic E-state index is 0.436. The summed E-state index contributed by atoms with van der Waals surface area (Å²) in [6, 6.07) is 2.55. The van der Waals surface area contributed by atoms with Gasteiger partial charge in [-0.15, -0.1) is 11.3 Å². The van der Waals surface area contributed by atoms with E-state index in [-0.39, 0.29) is 0 Å². The molecule has 17 heavy (non-hydrogen) atoms. The van der Waals surface area contributed by atoms with Crippen molar-refractivity contribution in [3.63, 3.8) is 0 Å². The zero-order chi connectivity index (χ0) is 11.7. The fourth-order valence-electron chi connectivity index (χ4n) is 2.35. The molecule has 0 aliphatic heterocycles. The van der Waals surface area contributed by atoms with Crippen LogP contribution in [0.1, 0.15) is 35.0 Å². The minimum Gasteiger partial charge on any atom is -0.347 e. The lowest BCUT2D eigenvalue weighted by molar-refractivity contribution is 0.460. The van der Waals surface area contributed by atoms with E-state index in [0.717, 1.165) is 16.6 Å². The van der Waals surface area contributed by atoms with Crippen molar-refractivity contribution in [3.8, 4) is 0 Å². The number of thiophene rings is 1. The van der Waals surface area contributed by atoms with Gasteiger partial charge in [0.2, 0.25) is 0 Å². The largest absolute Gasteiger partial charge is 0.347 e. The second kappa shape index (κ2) is 4.80. The first kappa shape index (κ1) is 11.3. The lowest BCUT2D eigenvalue weighted by Gasteiger charge is -2.23. The fourth-order valence-corrected chi connectivity index (χ4v) is 3.73. The number of imidazole rings is 1. The number of aryl methyl sites for hydroxylation is 1. The zero-order valence-corrected chi connectivity index (χ0v) is 10.9. The molecule has 1 atom stereocenters. The Morgan fingerprint density at radius 2 is 2.53 bits per heavy atom. The number of aromatic amines is 1. The first-order valence-electron chi connectivity index (χ1n) is 5.81. The highest BCUT2D eigenvalue weighted by molar-refractivity contribution is 7.16. The number of nitrogens with zero attached hydrogens (tertiary/aromatic N) is 1. The van der Waals surface area contributed by atoms with E-state index in [9.17, 15) is 0 Å². The van der Waals surface area contributed by atoms with Gasteiger partial charge in [0.05, 0.1) is 10.7 Å².